The molecular formula is C15H24N2O. The lowest BCUT2D eigenvalue weighted by molar-refractivity contribution is 0.217. The van der Waals surface area contributed by atoms with E-state index in [1.165, 1.54) is 0 Å². The minimum atomic E-state index is -0.0308. The van der Waals surface area contributed by atoms with Crippen molar-refractivity contribution in [2.45, 2.75) is 40.0 Å². The van der Waals surface area contributed by atoms with E-state index in [1.807, 2.05) is 32.0 Å². The van der Waals surface area contributed by atoms with Crippen LogP contribution in [0.15, 0.2) is 24.3 Å². The predicted molar refractivity (Wildman–Crippen MR) is 77.1 cm³/mol. The smallest absolute Gasteiger partial charge is 0.321 e. The number of nitrogens with one attached hydrogen (secondary N) is 1. The number of amides is 2. The van der Waals surface area contributed by atoms with Crippen molar-refractivity contribution >= 4 is 11.7 Å². The quantitative estimate of drug-likeness (QED) is 0.865. The van der Waals surface area contributed by atoms with Crippen LogP contribution in [-0.2, 0) is 5.41 Å². The first-order valence-corrected chi connectivity index (χ1v) is 6.55. The lowest BCUT2D eigenvalue weighted by Crippen LogP contribution is -2.35. The van der Waals surface area contributed by atoms with Crippen molar-refractivity contribution in [3.8, 4) is 0 Å². The number of anilines is 1. The molecule has 0 fully saturated rings. The summed E-state index contributed by atoms with van der Waals surface area (Å²) in [6, 6.07) is 7.96. The highest BCUT2D eigenvalue weighted by molar-refractivity contribution is 5.90. The number of hydrogen-bond acceptors (Lipinski definition) is 1. The first-order valence-electron chi connectivity index (χ1n) is 6.55. The Morgan fingerprint density at radius 3 is 2.22 bits per heavy atom. The average molecular weight is 248 g/mol. The van der Waals surface area contributed by atoms with E-state index in [-0.39, 0.29) is 11.4 Å². The van der Waals surface area contributed by atoms with Crippen LogP contribution in [0.25, 0.3) is 0 Å². The highest BCUT2D eigenvalue weighted by Crippen LogP contribution is 2.29. The summed E-state index contributed by atoms with van der Waals surface area (Å²) in [5, 5.41) is 3.01. The molecule has 18 heavy (non-hydrogen) atoms. The van der Waals surface area contributed by atoms with Gasteiger partial charge < -0.3 is 10.2 Å². The first-order chi connectivity index (χ1) is 8.40. The van der Waals surface area contributed by atoms with Gasteiger partial charge in [0, 0.05) is 18.8 Å². The molecule has 1 aromatic carbocycles. The Morgan fingerprint density at radius 2 is 1.72 bits per heavy atom. The molecule has 0 unspecified atom stereocenters. The molecular weight excluding hydrogens is 224 g/mol. The largest absolute Gasteiger partial charge is 0.325 e. The Kier molecular flexibility index (Phi) is 4.76. The van der Waals surface area contributed by atoms with Crippen LogP contribution >= 0.6 is 0 Å². The number of nitrogens with zero attached hydrogens (tertiary/aromatic N) is 1. The maximum atomic E-state index is 12.1. The van der Waals surface area contributed by atoms with Crippen molar-refractivity contribution in [2.24, 2.45) is 0 Å². The SMILES string of the molecule is CCN(CC)C(=O)Nc1ccccc1C(C)(C)C. The molecule has 3 heteroatoms. The Bertz CT molecular complexity index is 403. The molecule has 0 heterocycles. The van der Waals surface area contributed by atoms with Crippen LogP contribution in [0.5, 0.6) is 0 Å². The summed E-state index contributed by atoms with van der Waals surface area (Å²) in [5.74, 6) is 0. The Morgan fingerprint density at radius 1 is 1.17 bits per heavy atom. The molecule has 100 valence electrons. The van der Waals surface area contributed by atoms with Crippen molar-refractivity contribution in [3.63, 3.8) is 0 Å². The van der Waals surface area contributed by atoms with Crippen LogP contribution in [0.3, 0.4) is 0 Å². The van der Waals surface area contributed by atoms with Crippen LogP contribution in [0.4, 0.5) is 10.5 Å². The van der Waals surface area contributed by atoms with E-state index >= 15 is 0 Å². The fourth-order valence-corrected chi connectivity index (χ4v) is 1.95. The van der Waals surface area contributed by atoms with Gasteiger partial charge in [0.05, 0.1) is 0 Å². The molecule has 0 spiro atoms. The zero-order valence-corrected chi connectivity index (χ0v) is 12.1. The zero-order chi connectivity index (χ0) is 13.8. The topological polar surface area (TPSA) is 32.3 Å². The second-order valence-electron chi connectivity index (χ2n) is 5.40. The van der Waals surface area contributed by atoms with Crippen molar-refractivity contribution < 1.29 is 4.79 Å². The van der Waals surface area contributed by atoms with Gasteiger partial charge in [-0.25, -0.2) is 4.79 Å². The molecule has 0 atom stereocenters. The van der Waals surface area contributed by atoms with Crippen molar-refractivity contribution in [3.05, 3.63) is 29.8 Å². The van der Waals surface area contributed by atoms with E-state index in [0.717, 1.165) is 24.3 Å². The normalized spacial score (nSPS) is 11.2. The van der Waals surface area contributed by atoms with Gasteiger partial charge in [0.2, 0.25) is 0 Å². The number of benzene rings is 1. The van der Waals surface area contributed by atoms with Crippen LogP contribution in [0, 0.1) is 0 Å². The molecule has 0 saturated heterocycles. The molecule has 0 aliphatic heterocycles. The second kappa shape index (κ2) is 5.89. The highest BCUT2D eigenvalue weighted by Gasteiger charge is 2.19. The van der Waals surface area contributed by atoms with Crippen LogP contribution < -0.4 is 5.32 Å². The van der Waals surface area contributed by atoms with E-state index in [9.17, 15) is 4.79 Å². The molecule has 0 radical (unpaired) electrons. The fraction of sp³-hybridized carbons (Fsp3) is 0.533. The van der Waals surface area contributed by atoms with E-state index in [0.29, 0.717) is 0 Å². The van der Waals surface area contributed by atoms with Crippen LogP contribution in [0.2, 0.25) is 0 Å². The molecule has 1 aromatic rings. The van der Waals surface area contributed by atoms with Gasteiger partial charge in [-0.2, -0.15) is 0 Å². The molecule has 1 rings (SSSR count). The summed E-state index contributed by atoms with van der Waals surface area (Å²) >= 11 is 0. The van der Waals surface area contributed by atoms with Crippen LogP contribution in [-0.4, -0.2) is 24.0 Å². The van der Waals surface area contributed by atoms with Gasteiger partial charge in [-0.15, -0.1) is 0 Å². The summed E-state index contributed by atoms with van der Waals surface area (Å²) in [4.78, 5) is 13.8. The third-order valence-corrected chi connectivity index (χ3v) is 3.03. The Balaban J connectivity index is 2.95. The summed E-state index contributed by atoms with van der Waals surface area (Å²) in [6.45, 7) is 11.9. The Hall–Kier alpha value is -1.51. The van der Waals surface area contributed by atoms with Gasteiger partial charge in [-0.05, 0) is 30.9 Å². The van der Waals surface area contributed by atoms with E-state index in [2.05, 4.69) is 32.2 Å². The van der Waals surface area contributed by atoms with E-state index in [1.54, 1.807) is 4.90 Å². The molecule has 0 aliphatic carbocycles. The van der Waals surface area contributed by atoms with Gasteiger partial charge in [0.15, 0.2) is 0 Å². The lowest BCUT2D eigenvalue weighted by Gasteiger charge is -2.25. The number of carbonyl (C=O) groups excluding carboxylic acids is 1. The zero-order valence-electron chi connectivity index (χ0n) is 12.1. The Labute approximate surface area is 110 Å². The predicted octanol–water partition coefficient (Wildman–Crippen LogP) is 3.86. The second-order valence-corrected chi connectivity index (χ2v) is 5.40. The monoisotopic (exact) mass is 248 g/mol. The standard InChI is InChI=1S/C15H24N2O/c1-6-17(7-2)14(18)16-13-11-9-8-10-12(13)15(3,4)5/h8-11H,6-7H2,1-5H3,(H,16,18). The fourth-order valence-electron chi connectivity index (χ4n) is 1.95. The number of rotatable bonds is 3. The van der Waals surface area contributed by atoms with E-state index in [4.69, 9.17) is 0 Å². The average Bonchev–Trinajstić information content (AvgIpc) is 2.30. The number of urea groups is 1. The van der Waals surface area contributed by atoms with Gasteiger partial charge in [-0.1, -0.05) is 39.0 Å². The lowest BCUT2D eigenvalue weighted by atomic mass is 9.86. The molecule has 0 saturated carbocycles. The maximum Gasteiger partial charge on any atom is 0.321 e. The van der Waals surface area contributed by atoms with E-state index < -0.39 is 0 Å². The van der Waals surface area contributed by atoms with Crippen molar-refractivity contribution in [1.82, 2.24) is 4.90 Å². The summed E-state index contributed by atoms with van der Waals surface area (Å²) in [5.41, 5.74) is 2.08. The molecule has 1 N–H and O–H groups in total. The number of hydrogen-bond donors (Lipinski definition) is 1. The van der Waals surface area contributed by atoms with Gasteiger partial charge >= 0.3 is 6.03 Å². The molecule has 3 nitrogen and oxygen atoms in total. The number of para-hydroxylation sites is 1. The van der Waals surface area contributed by atoms with Gasteiger partial charge in [0.25, 0.3) is 0 Å². The molecule has 0 aromatic heterocycles. The minimum Gasteiger partial charge on any atom is -0.325 e. The number of carbonyl (C=O) groups is 1. The highest BCUT2D eigenvalue weighted by atomic mass is 16.2. The summed E-state index contributed by atoms with van der Waals surface area (Å²) in [6.07, 6.45) is 0. The molecule has 0 bridgehead atoms. The summed E-state index contributed by atoms with van der Waals surface area (Å²) in [7, 11) is 0. The molecule has 0 aliphatic rings. The van der Waals surface area contributed by atoms with Crippen LogP contribution in [0.1, 0.15) is 40.2 Å². The van der Waals surface area contributed by atoms with Gasteiger partial charge in [-0.3, -0.25) is 0 Å². The molecule has 2 amide bonds. The van der Waals surface area contributed by atoms with Crippen molar-refractivity contribution in [1.29, 1.82) is 0 Å². The van der Waals surface area contributed by atoms with Gasteiger partial charge in [0.1, 0.15) is 0 Å². The van der Waals surface area contributed by atoms with Crippen molar-refractivity contribution in [2.75, 3.05) is 18.4 Å². The minimum absolute atomic E-state index is 0.0210. The maximum absolute atomic E-state index is 12.1. The first kappa shape index (κ1) is 14.6. The third-order valence-electron chi connectivity index (χ3n) is 3.03. The third kappa shape index (κ3) is 3.49. The summed E-state index contributed by atoms with van der Waals surface area (Å²) < 4.78 is 0.